The first kappa shape index (κ1) is 19.6. The molecule has 1 aliphatic heterocycles. The van der Waals surface area contributed by atoms with Crippen LogP contribution in [0.15, 0.2) is 0 Å². The Morgan fingerprint density at radius 3 is 2.36 bits per heavy atom. The zero-order valence-electron chi connectivity index (χ0n) is 17.5. The molecular formula is C21H33N5O2. The van der Waals surface area contributed by atoms with Crippen LogP contribution in [0.5, 0.6) is 0 Å². The average molecular weight is 388 g/mol. The number of nitrogens with zero attached hydrogens (tertiary/aromatic N) is 4. The van der Waals surface area contributed by atoms with Gasteiger partial charge < -0.3 is 20.2 Å². The second-order valence-electron chi connectivity index (χ2n) is 9.16. The third-order valence-corrected chi connectivity index (χ3v) is 6.86. The lowest BCUT2D eigenvalue weighted by atomic mass is 9.92. The Labute approximate surface area is 167 Å². The molecule has 3 aliphatic rings. The molecule has 0 aromatic carbocycles. The van der Waals surface area contributed by atoms with E-state index in [2.05, 4.69) is 39.2 Å². The van der Waals surface area contributed by atoms with Gasteiger partial charge in [-0.25, -0.2) is 9.97 Å². The molecule has 2 heterocycles. The summed E-state index contributed by atoms with van der Waals surface area (Å²) in [6.07, 6.45) is 5.35. The van der Waals surface area contributed by atoms with Gasteiger partial charge in [-0.3, -0.25) is 4.79 Å². The maximum absolute atomic E-state index is 12.8. The molecule has 1 aromatic heterocycles. The van der Waals surface area contributed by atoms with Gasteiger partial charge in [-0.05, 0) is 71.9 Å². The highest BCUT2D eigenvalue weighted by molar-refractivity contribution is 5.91. The van der Waals surface area contributed by atoms with E-state index in [1.807, 2.05) is 13.8 Å². The van der Waals surface area contributed by atoms with E-state index in [0.717, 1.165) is 62.3 Å². The lowest BCUT2D eigenvalue weighted by molar-refractivity contribution is -0.00330. The Bertz CT molecular complexity index is 745. The monoisotopic (exact) mass is 387 g/mol. The van der Waals surface area contributed by atoms with Crippen LogP contribution in [0.2, 0.25) is 0 Å². The second-order valence-corrected chi connectivity index (χ2v) is 9.16. The Balaban J connectivity index is 1.48. The van der Waals surface area contributed by atoms with Gasteiger partial charge in [0.15, 0.2) is 0 Å². The minimum Gasteiger partial charge on any atom is -0.387 e. The first-order chi connectivity index (χ1) is 13.3. The largest absolute Gasteiger partial charge is 0.387 e. The van der Waals surface area contributed by atoms with E-state index in [4.69, 9.17) is 0 Å². The maximum Gasteiger partial charge on any atom is 0.289 e. The molecule has 0 radical (unpaired) electrons. The van der Waals surface area contributed by atoms with Crippen LogP contribution in [0, 0.1) is 25.7 Å². The number of aromatic nitrogens is 2. The van der Waals surface area contributed by atoms with Crippen LogP contribution in [0.25, 0.3) is 0 Å². The molecule has 28 heavy (non-hydrogen) atoms. The number of nitrogens with one attached hydrogen (secondary N) is 1. The van der Waals surface area contributed by atoms with Crippen molar-refractivity contribution >= 4 is 11.7 Å². The van der Waals surface area contributed by atoms with Crippen LogP contribution in [-0.4, -0.2) is 71.3 Å². The molecule has 1 aromatic rings. The number of rotatable bonds is 7. The van der Waals surface area contributed by atoms with Gasteiger partial charge in [-0.2, -0.15) is 0 Å². The molecule has 1 saturated heterocycles. The van der Waals surface area contributed by atoms with Gasteiger partial charge in [0, 0.05) is 36.9 Å². The van der Waals surface area contributed by atoms with Crippen molar-refractivity contribution in [1.82, 2.24) is 20.2 Å². The predicted octanol–water partition coefficient (Wildman–Crippen LogP) is 1.51. The van der Waals surface area contributed by atoms with Crippen molar-refractivity contribution in [3.63, 3.8) is 0 Å². The van der Waals surface area contributed by atoms with Gasteiger partial charge in [0.05, 0.1) is 5.60 Å². The number of carbonyl (C=O) groups is 1. The maximum atomic E-state index is 12.8. The number of aryl methyl sites for hydroxylation is 1. The molecule has 3 fully saturated rings. The number of amides is 1. The van der Waals surface area contributed by atoms with Crippen molar-refractivity contribution in [1.29, 1.82) is 0 Å². The van der Waals surface area contributed by atoms with Gasteiger partial charge in [0.1, 0.15) is 5.82 Å². The van der Waals surface area contributed by atoms with Crippen molar-refractivity contribution in [3.8, 4) is 0 Å². The average Bonchev–Trinajstić information content (AvgIpc) is 3.58. The van der Waals surface area contributed by atoms with E-state index >= 15 is 0 Å². The molecule has 154 valence electrons. The van der Waals surface area contributed by atoms with Crippen LogP contribution in [-0.2, 0) is 0 Å². The van der Waals surface area contributed by atoms with Gasteiger partial charge >= 0.3 is 0 Å². The molecule has 0 bridgehead atoms. The highest BCUT2D eigenvalue weighted by atomic mass is 16.3. The summed E-state index contributed by atoms with van der Waals surface area (Å²) in [6, 6.07) is 0.499. The van der Waals surface area contributed by atoms with Crippen molar-refractivity contribution < 1.29 is 9.90 Å². The highest BCUT2D eigenvalue weighted by Gasteiger charge is 2.53. The Kier molecular flexibility index (Phi) is 5.08. The van der Waals surface area contributed by atoms with Crippen molar-refractivity contribution in [3.05, 3.63) is 17.1 Å². The van der Waals surface area contributed by atoms with Crippen molar-refractivity contribution in [2.75, 3.05) is 38.6 Å². The number of carbonyl (C=O) groups excluding carboxylic acids is 1. The second kappa shape index (κ2) is 7.26. The summed E-state index contributed by atoms with van der Waals surface area (Å²) in [5.74, 6) is 1.46. The van der Waals surface area contributed by atoms with E-state index < -0.39 is 5.60 Å². The van der Waals surface area contributed by atoms with Gasteiger partial charge in [-0.15, -0.1) is 0 Å². The van der Waals surface area contributed by atoms with Crippen molar-refractivity contribution in [2.24, 2.45) is 11.8 Å². The molecule has 2 N–H and O–H groups in total. The quantitative estimate of drug-likeness (QED) is 0.738. The molecule has 4 rings (SSSR count). The molecule has 0 spiro atoms. The van der Waals surface area contributed by atoms with Gasteiger partial charge in [-0.1, -0.05) is 0 Å². The van der Waals surface area contributed by atoms with E-state index in [-0.39, 0.29) is 11.7 Å². The van der Waals surface area contributed by atoms with Gasteiger partial charge in [0.2, 0.25) is 5.82 Å². The van der Waals surface area contributed by atoms with Crippen LogP contribution in [0.1, 0.15) is 54.0 Å². The third kappa shape index (κ3) is 3.74. The fourth-order valence-corrected chi connectivity index (χ4v) is 4.47. The zero-order chi connectivity index (χ0) is 20.1. The van der Waals surface area contributed by atoms with E-state index in [1.165, 1.54) is 0 Å². The van der Waals surface area contributed by atoms with Crippen molar-refractivity contribution in [2.45, 2.75) is 57.6 Å². The molecule has 7 nitrogen and oxygen atoms in total. The molecule has 1 atom stereocenters. The summed E-state index contributed by atoms with van der Waals surface area (Å²) in [5, 5.41) is 14.0. The Morgan fingerprint density at radius 2 is 1.82 bits per heavy atom. The lowest BCUT2D eigenvalue weighted by Crippen LogP contribution is -2.47. The van der Waals surface area contributed by atoms with E-state index in [0.29, 0.717) is 24.4 Å². The summed E-state index contributed by atoms with van der Waals surface area (Å²) in [7, 11) is 4.21. The lowest BCUT2D eigenvalue weighted by Gasteiger charge is -2.28. The Morgan fingerprint density at radius 1 is 1.18 bits per heavy atom. The fourth-order valence-electron chi connectivity index (χ4n) is 4.47. The SMILES string of the molecule is Cc1nc(C(=O)NCC(O)(C2CC2)C2CC2)nc(N2CC[C@@H](N(C)C)C2)c1C. The van der Waals surface area contributed by atoms with E-state index in [1.54, 1.807) is 0 Å². The molecular weight excluding hydrogens is 354 g/mol. The summed E-state index contributed by atoms with van der Waals surface area (Å²) in [5.41, 5.74) is 1.12. The summed E-state index contributed by atoms with van der Waals surface area (Å²) >= 11 is 0. The zero-order valence-corrected chi connectivity index (χ0v) is 17.5. The predicted molar refractivity (Wildman–Crippen MR) is 109 cm³/mol. The summed E-state index contributed by atoms with van der Waals surface area (Å²) < 4.78 is 0. The number of aliphatic hydroxyl groups is 1. The molecule has 2 aliphatic carbocycles. The standard InChI is InChI=1S/C21H33N5O2/c1-13-14(2)23-18(24-19(13)26-10-9-17(11-26)25(3)4)20(27)22-12-21(28,15-5-6-15)16-7-8-16/h15-17,28H,5-12H2,1-4H3,(H,22,27)/t17-/m1/s1. The Hall–Kier alpha value is -1.73. The third-order valence-electron chi connectivity index (χ3n) is 6.86. The minimum absolute atomic E-state index is 0.209. The number of anilines is 1. The minimum atomic E-state index is -0.744. The van der Waals surface area contributed by atoms with Gasteiger partial charge in [0.25, 0.3) is 5.91 Å². The highest BCUT2D eigenvalue weighted by Crippen LogP contribution is 2.51. The molecule has 0 unspecified atom stereocenters. The smallest absolute Gasteiger partial charge is 0.289 e. The number of hydrogen-bond donors (Lipinski definition) is 2. The summed E-state index contributed by atoms with van der Waals surface area (Å²) in [4.78, 5) is 26.4. The molecule has 2 saturated carbocycles. The topological polar surface area (TPSA) is 81.6 Å². The van der Waals surface area contributed by atoms with Crippen LogP contribution in [0.4, 0.5) is 5.82 Å². The first-order valence-electron chi connectivity index (χ1n) is 10.6. The number of likely N-dealkylation sites (N-methyl/N-ethyl adjacent to an activating group) is 1. The van der Waals surface area contributed by atoms with E-state index in [9.17, 15) is 9.90 Å². The molecule has 1 amide bonds. The first-order valence-corrected chi connectivity index (χ1v) is 10.6. The molecule has 7 heteroatoms. The van der Waals surface area contributed by atoms with Crippen LogP contribution in [0.3, 0.4) is 0 Å². The number of hydrogen-bond acceptors (Lipinski definition) is 6. The van der Waals surface area contributed by atoms with Crippen LogP contribution < -0.4 is 10.2 Å². The van der Waals surface area contributed by atoms with Crippen LogP contribution >= 0.6 is 0 Å². The summed E-state index contributed by atoms with van der Waals surface area (Å²) in [6.45, 7) is 6.10. The fraction of sp³-hybridized carbons (Fsp3) is 0.762. The normalized spacial score (nSPS) is 22.8.